The summed E-state index contributed by atoms with van der Waals surface area (Å²) in [4.78, 5) is 0. The quantitative estimate of drug-likeness (QED) is 0.634. The number of aryl methyl sites for hydroxylation is 3. The summed E-state index contributed by atoms with van der Waals surface area (Å²) in [5.74, 6) is 0.616. The Labute approximate surface area is 132 Å². The summed E-state index contributed by atoms with van der Waals surface area (Å²) in [7, 11) is 1.99. The molecule has 3 rings (SSSR count). The van der Waals surface area contributed by atoms with Crippen LogP contribution < -0.4 is 0 Å². The van der Waals surface area contributed by atoms with Gasteiger partial charge >= 0.3 is 0 Å². The molecule has 0 spiro atoms. The van der Waals surface area contributed by atoms with Crippen molar-refractivity contribution in [2.24, 2.45) is 7.05 Å². The molecule has 0 N–H and O–H groups in total. The highest BCUT2D eigenvalue weighted by Gasteiger charge is 2.12. The van der Waals surface area contributed by atoms with Gasteiger partial charge in [0.15, 0.2) is 0 Å². The number of hydrogen-bond acceptors (Lipinski definition) is 1. The molecule has 0 fully saturated rings. The van der Waals surface area contributed by atoms with Crippen molar-refractivity contribution in [3.8, 4) is 11.1 Å². The van der Waals surface area contributed by atoms with Crippen LogP contribution in [0.25, 0.3) is 22.0 Å². The average Bonchev–Trinajstić information content (AvgIpc) is 2.89. The fourth-order valence-corrected chi connectivity index (χ4v) is 3.22. The van der Waals surface area contributed by atoms with Crippen LogP contribution in [0.5, 0.6) is 0 Å². The van der Waals surface area contributed by atoms with Gasteiger partial charge in [-0.05, 0) is 54.0 Å². The third-order valence-electron chi connectivity index (χ3n) is 4.72. The summed E-state index contributed by atoms with van der Waals surface area (Å²) in [6.07, 6.45) is 3.30. The van der Waals surface area contributed by atoms with Gasteiger partial charge in [0.25, 0.3) is 0 Å². The fraction of sp³-hybridized carbons (Fsp3) is 0.350. The molecule has 0 aliphatic heterocycles. The van der Waals surface area contributed by atoms with Crippen molar-refractivity contribution >= 4 is 10.9 Å². The van der Waals surface area contributed by atoms with Crippen LogP contribution in [0.2, 0.25) is 0 Å². The fourth-order valence-electron chi connectivity index (χ4n) is 3.22. The van der Waals surface area contributed by atoms with Crippen LogP contribution >= 0.6 is 0 Å². The smallest absolute Gasteiger partial charge is 0.0958 e. The van der Waals surface area contributed by atoms with Gasteiger partial charge in [0.2, 0.25) is 0 Å². The van der Waals surface area contributed by atoms with Crippen molar-refractivity contribution < 1.29 is 0 Å². The Bertz CT molecular complexity index is 827. The summed E-state index contributed by atoms with van der Waals surface area (Å²) in [5, 5.41) is 5.83. The highest BCUT2D eigenvalue weighted by Crippen LogP contribution is 2.32. The maximum Gasteiger partial charge on any atom is 0.0958 e. The van der Waals surface area contributed by atoms with E-state index in [-0.39, 0.29) is 0 Å². The van der Waals surface area contributed by atoms with Crippen molar-refractivity contribution in [3.05, 3.63) is 53.2 Å². The number of fused-ring (bicyclic) bond motifs is 1. The maximum atomic E-state index is 4.60. The summed E-state index contributed by atoms with van der Waals surface area (Å²) in [5.41, 5.74) is 7.72. The molecule has 2 heteroatoms. The lowest BCUT2D eigenvalue weighted by molar-refractivity contribution is 0.728. The zero-order valence-corrected chi connectivity index (χ0v) is 14.1. The Hall–Kier alpha value is -2.09. The minimum absolute atomic E-state index is 0.616. The molecule has 0 amide bonds. The Morgan fingerprint density at radius 3 is 2.55 bits per heavy atom. The highest BCUT2D eigenvalue weighted by molar-refractivity contribution is 5.96. The monoisotopic (exact) mass is 292 g/mol. The number of aromatic nitrogens is 2. The van der Waals surface area contributed by atoms with E-state index in [1.807, 2.05) is 11.7 Å². The van der Waals surface area contributed by atoms with Gasteiger partial charge < -0.3 is 0 Å². The van der Waals surface area contributed by atoms with Gasteiger partial charge in [-0.3, -0.25) is 4.68 Å². The van der Waals surface area contributed by atoms with Gasteiger partial charge in [-0.2, -0.15) is 5.10 Å². The molecule has 1 heterocycles. The van der Waals surface area contributed by atoms with E-state index in [2.05, 4.69) is 69.3 Å². The number of hydrogen-bond donors (Lipinski definition) is 0. The number of nitrogens with zero attached hydrogens (tertiary/aromatic N) is 2. The molecule has 0 saturated heterocycles. The minimum Gasteiger partial charge on any atom is -0.275 e. The first-order valence-electron chi connectivity index (χ1n) is 8.05. The first kappa shape index (κ1) is 14.8. The van der Waals surface area contributed by atoms with E-state index in [9.17, 15) is 0 Å². The first-order valence-corrected chi connectivity index (χ1v) is 8.05. The Balaban J connectivity index is 2.16. The molecule has 2 nitrogen and oxygen atoms in total. The zero-order valence-electron chi connectivity index (χ0n) is 14.1. The van der Waals surface area contributed by atoms with E-state index in [0.29, 0.717) is 5.92 Å². The lowest BCUT2D eigenvalue weighted by atomic mass is 9.90. The average molecular weight is 292 g/mol. The first-order chi connectivity index (χ1) is 10.5. The molecular weight excluding hydrogens is 268 g/mol. The maximum absolute atomic E-state index is 4.60. The largest absolute Gasteiger partial charge is 0.275 e. The van der Waals surface area contributed by atoms with Crippen molar-refractivity contribution in [2.75, 3.05) is 0 Å². The lowest BCUT2D eigenvalue weighted by Gasteiger charge is -2.14. The standard InChI is InChI=1S/C20H24N2/c1-6-13(2)17-10-8-16(11-15(17)4)18-9-7-14(3)20-19(18)12-22(5)21-20/h7-13H,6H2,1-5H3. The third-order valence-corrected chi connectivity index (χ3v) is 4.72. The van der Waals surface area contributed by atoms with Gasteiger partial charge in [-0.25, -0.2) is 0 Å². The molecule has 0 saturated carbocycles. The van der Waals surface area contributed by atoms with Crippen LogP contribution in [0.4, 0.5) is 0 Å². The summed E-state index contributed by atoms with van der Waals surface area (Å²) >= 11 is 0. The molecule has 22 heavy (non-hydrogen) atoms. The molecular formula is C20H24N2. The molecule has 3 aromatic rings. The Kier molecular flexibility index (Phi) is 3.78. The van der Waals surface area contributed by atoms with Gasteiger partial charge in [0, 0.05) is 18.6 Å². The Morgan fingerprint density at radius 1 is 1.09 bits per heavy atom. The van der Waals surface area contributed by atoms with Gasteiger partial charge in [-0.1, -0.05) is 44.2 Å². The summed E-state index contributed by atoms with van der Waals surface area (Å²) in [6, 6.07) is 11.3. The molecule has 2 aromatic carbocycles. The van der Waals surface area contributed by atoms with Crippen LogP contribution in [0.1, 0.15) is 42.9 Å². The van der Waals surface area contributed by atoms with Crippen LogP contribution in [-0.4, -0.2) is 9.78 Å². The van der Waals surface area contributed by atoms with E-state index < -0.39 is 0 Å². The number of benzene rings is 2. The van der Waals surface area contributed by atoms with Crippen molar-refractivity contribution in [3.63, 3.8) is 0 Å². The number of rotatable bonds is 3. The predicted octanol–water partition coefficient (Wildman–Crippen LogP) is 5.37. The van der Waals surface area contributed by atoms with Crippen LogP contribution in [0.15, 0.2) is 36.5 Å². The topological polar surface area (TPSA) is 17.8 Å². The third kappa shape index (κ3) is 2.43. The van der Waals surface area contributed by atoms with Gasteiger partial charge in [0.05, 0.1) is 5.52 Å². The second kappa shape index (κ2) is 5.60. The van der Waals surface area contributed by atoms with E-state index in [1.165, 1.54) is 39.6 Å². The molecule has 0 aliphatic rings. The highest BCUT2D eigenvalue weighted by atomic mass is 15.2. The van der Waals surface area contributed by atoms with E-state index in [0.717, 1.165) is 5.52 Å². The summed E-state index contributed by atoms with van der Waals surface area (Å²) < 4.78 is 1.90. The van der Waals surface area contributed by atoms with Crippen LogP contribution in [0.3, 0.4) is 0 Å². The van der Waals surface area contributed by atoms with Gasteiger partial charge in [-0.15, -0.1) is 0 Å². The molecule has 0 radical (unpaired) electrons. The Morgan fingerprint density at radius 2 is 1.86 bits per heavy atom. The van der Waals surface area contributed by atoms with Crippen molar-refractivity contribution in [1.29, 1.82) is 0 Å². The second-order valence-electron chi connectivity index (χ2n) is 6.38. The molecule has 1 unspecified atom stereocenters. The molecule has 0 aliphatic carbocycles. The predicted molar refractivity (Wildman–Crippen MR) is 94.3 cm³/mol. The van der Waals surface area contributed by atoms with Crippen molar-refractivity contribution in [1.82, 2.24) is 9.78 Å². The van der Waals surface area contributed by atoms with E-state index >= 15 is 0 Å². The van der Waals surface area contributed by atoms with Gasteiger partial charge in [0.1, 0.15) is 0 Å². The van der Waals surface area contributed by atoms with E-state index in [4.69, 9.17) is 0 Å². The normalized spacial score (nSPS) is 12.8. The molecule has 0 bridgehead atoms. The minimum atomic E-state index is 0.616. The van der Waals surface area contributed by atoms with E-state index in [1.54, 1.807) is 0 Å². The lowest BCUT2D eigenvalue weighted by Crippen LogP contribution is -1.95. The van der Waals surface area contributed by atoms with Crippen molar-refractivity contribution in [2.45, 2.75) is 40.0 Å². The zero-order chi connectivity index (χ0) is 15.9. The van der Waals surface area contributed by atoms with Crippen LogP contribution in [0, 0.1) is 13.8 Å². The second-order valence-corrected chi connectivity index (χ2v) is 6.38. The summed E-state index contributed by atoms with van der Waals surface area (Å²) in [6.45, 7) is 8.89. The molecule has 1 atom stereocenters. The molecule has 114 valence electrons. The molecule has 1 aromatic heterocycles. The van der Waals surface area contributed by atoms with Crippen LogP contribution in [-0.2, 0) is 7.05 Å². The SMILES string of the molecule is CCC(C)c1ccc(-c2ccc(C)c3nn(C)cc23)cc1C.